The maximum Gasteiger partial charge on any atom is 0.304 e. The molecule has 0 spiro atoms. The van der Waals surface area contributed by atoms with Crippen LogP contribution in [0.25, 0.3) is 0 Å². The summed E-state index contributed by atoms with van der Waals surface area (Å²) in [6.45, 7) is 5.57. The van der Waals surface area contributed by atoms with E-state index in [-0.39, 0.29) is 24.9 Å². The lowest BCUT2D eigenvalue weighted by molar-refractivity contribution is -0.140. The summed E-state index contributed by atoms with van der Waals surface area (Å²) in [6.07, 6.45) is 1.02. The van der Waals surface area contributed by atoms with E-state index in [4.69, 9.17) is 0 Å². The highest BCUT2D eigenvalue weighted by Crippen LogP contribution is 2.22. The Balaban J connectivity index is 2.07. The van der Waals surface area contributed by atoms with Crippen molar-refractivity contribution in [1.29, 1.82) is 0 Å². The molecule has 0 aliphatic rings. The second-order valence-electron chi connectivity index (χ2n) is 10.2. The number of nitrogens with one attached hydrogen (secondary N) is 1. The molecule has 0 saturated carbocycles. The molecule has 0 aliphatic heterocycles. The van der Waals surface area contributed by atoms with E-state index in [9.17, 15) is 18.0 Å². The van der Waals surface area contributed by atoms with Gasteiger partial charge in [0.25, 0.3) is 0 Å². The Morgan fingerprint density at radius 3 is 1.98 bits per heavy atom. The van der Waals surface area contributed by atoms with E-state index in [1.807, 2.05) is 75.4 Å². The second-order valence-corrected chi connectivity index (χ2v) is 12.2. The van der Waals surface area contributed by atoms with Crippen molar-refractivity contribution in [3.05, 3.63) is 102 Å². The fraction of sp³-hybridized carbons (Fsp3) is 0.355. The number of nitrogens with zero attached hydrogens (tertiary/aromatic N) is 3. The molecule has 0 bridgehead atoms. The minimum atomic E-state index is -4.01. The third-order valence-corrected chi connectivity index (χ3v) is 8.63. The van der Waals surface area contributed by atoms with Crippen LogP contribution in [0.2, 0.25) is 0 Å². The number of hydrogen-bond acceptors (Lipinski definition) is 4. The minimum absolute atomic E-state index is 0.0861. The first-order valence-electron chi connectivity index (χ1n) is 13.5. The van der Waals surface area contributed by atoms with Crippen LogP contribution in [0.1, 0.15) is 37.0 Å². The van der Waals surface area contributed by atoms with Crippen molar-refractivity contribution in [1.82, 2.24) is 14.5 Å². The molecule has 0 radical (unpaired) electrons. The average molecular weight is 565 g/mol. The van der Waals surface area contributed by atoms with Gasteiger partial charge in [0.15, 0.2) is 0 Å². The topological polar surface area (TPSA) is 90.0 Å². The smallest absolute Gasteiger partial charge is 0.304 e. The van der Waals surface area contributed by atoms with E-state index in [0.717, 1.165) is 31.7 Å². The molecule has 2 amide bonds. The Labute approximate surface area is 238 Å². The predicted octanol–water partition coefficient (Wildman–Crippen LogP) is 4.16. The molecule has 1 N–H and O–H groups in total. The lowest BCUT2D eigenvalue weighted by atomic mass is 10.0. The maximum absolute atomic E-state index is 14.2. The third kappa shape index (κ3) is 8.16. The highest BCUT2D eigenvalue weighted by molar-refractivity contribution is 7.90. The van der Waals surface area contributed by atoms with Crippen molar-refractivity contribution in [2.75, 3.05) is 24.9 Å². The average Bonchev–Trinajstić information content (AvgIpc) is 2.95. The first-order chi connectivity index (χ1) is 19.0. The van der Waals surface area contributed by atoms with E-state index in [2.05, 4.69) is 5.32 Å². The zero-order valence-corrected chi connectivity index (χ0v) is 24.8. The van der Waals surface area contributed by atoms with Crippen LogP contribution in [-0.2, 0) is 32.8 Å². The number of carbonyl (C=O) groups excluding carboxylic acids is 2. The molecule has 3 aromatic rings. The molecule has 2 unspecified atom stereocenters. The Bertz CT molecular complexity index is 1350. The summed E-state index contributed by atoms with van der Waals surface area (Å²) in [5, 5.41) is 3.04. The lowest BCUT2D eigenvalue weighted by Crippen LogP contribution is -2.55. The van der Waals surface area contributed by atoms with Gasteiger partial charge < -0.3 is 10.2 Å². The number of anilines is 1. The molecule has 2 atom stereocenters. The van der Waals surface area contributed by atoms with Crippen molar-refractivity contribution in [3.63, 3.8) is 0 Å². The first-order valence-corrected chi connectivity index (χ1v) is 14.9. The van der Waals surface area contributed by atoms with Gasteiger partial charge in [0.2, 0.25) is 11.8 Å². The normalized spacial score (nSPS) is 12.9. The van der Waals surface area contributed by atoms with Crippen LogP contribution in [0.3, 0.4) is 0 Å². The first kappa shape index (κ1) is 30.8. The van der Waals surface area contributed by atoms with E-state index >= 15 is 0 Å². The van der Waals surface area contributed by atoms with Gasteiger partial charge in [-0.3, -0.25) is 9.59 Å². The minimum Gasteiger partial charge on any atom is -0.352 e. The van der Waals surface area contributed by atoms with Gasteiger partial charge in [0, 0.05) is 33.1 Å². The standard InChI is InChI=1S/C31H40N4O4S/c1-6-25(3)32-31(37)29(21-26-13-9-7-10-14-26)34(22-27-19-17-24(2)18-20-27)30(36)23-35(40(38,39)33(4)5)28-15-11-8-12-16-28/h7-20,25,29H,6,21-23H2,1-5H3,(H,32,37). The summed E-state index contributed by atoms with van der Waals surface area (Å²) < 4.78 is 28.9. The van der Waals surface area contributed by atoms with E-state index < -0.39 is 28.7 Å². The number of benzene rings is 3. The van der Waals surface area contributed by atoms with Crippen LogP contribution in [0, 0.1) is 6.92 Å². The summed E-state index contributed by atoms with van der Waals surface area (Å²) >= 11 is 0. The van der Waals surface area contributed by atoms with Crippen molar-refractivity contribution < 1.29 is 18.0 Å². The molecule has 0 aliphatic carbocycles. The van der Waals surface area contributed by atoms with Crippen molar-refractivity contribution >= 4 is 27.7 Å². The number of carbonyl (C=O) groups is 2. The molecule has 3 aromatic carbocycles. The molecule has 8 nitrogen and oxygen atoms in total. The fourth-order valence-corrected chi connectivity index (χ4v) is 5.25. The van der Waals surface area contributed by atoms with E-state index in [1.165, 1.54) is 19.0 Å². The van der Waals surface area contributed by atoms with E-state index in [1.54, 1.807) is 30.3 Å². The Morgan fingerprint density at radius 2 is 1.43 bits per heavy atom. The highest BCUT2D eigenvalue weighted by atomic mass is 32.2. The van der Waals surface area contributed by atoms with Gasteiger partial charge >= 0.3 is 10.2 Å². The molecule has 3 rings (SSSR count). The molecule has 0 aromatic heterocycles. The molecular formula is C31H40N4O4S. The summed E-state index contributed by atoms with van der Waals surface area (Å²) in [5.41, 5.74) is 3.18. The monoisotopic (exact) mass is 564 g/mol. The summed E-state index contributed by atoms with van der Waals surface area (Å²) in [7, 11) is -1.15. The van der Waals surface area contributed by atoms with Gasteiger partial charge in [-0.25, -0.2) is 4.31 Å². The lowest BCUT2D eigenvalue weighted by Gasteiger charge is -2.35. The number of para-hydroxylation sites is 1. The molecule has 214 valence electrons. The van der Waals surface area contributed by atoms with Crippen molar-refractivity contribution in [2.24, 2.45) is 0 Å². The third-order valence-electron chi connectivity index (χ3n) is 6.81. The Morgan fingerprint density at radius 1 is 0.850 bits per heavy atom. The van der Waals surface area contributed by atoms with Crippen LogP contribution in [-0.4, -0.2) is 62.2 Å². The quantitative estimate of drug-likeness (QED) is 0.338. The van der Waals surface area contributed by atoms with Gasteiger partial charge in [-0.2, -0.15) is 12.7 Å². The summed E-state index contributed by atoms with van der Waals surface area (Å²) in [6, 6.07) is 24.9. The second kappa shape index (κ2) is 14.1. The SMILES string of the molecule is CCC(C)NC(=O)C(Cc1ccccc1)N(Cc1ccc(C)cc1)C(=O)CN(c1ccccc1)S(=O)(=O)N(C)C. The molecular weight excluding hydrogens is 524 g/mol. The van der Waals surface area contributed by atoms with Gasteiger partial charge in [0.1, 0.15) is 12.6 Å². The van der Waals surface area contributed by atoms with E-state index in [0.29, 0.717) is 5.69 Å². The predicted molar refractivity (Wildman–Crippen MR) is 160 cm³/mol. The molecule has 0 heterocycles. The zero-order valence-electron chi connectivity index (χ0n) is 23.9. The Hall–Kier alpha value is -3.69. The van der Waals surface area contributed by atoms with Gasteiger partial charge in [-0.1, -0.05) is 85.3 Å². The Kier molecular flexibility index (Phi) is 10.9. The maximum atomic E-state index is 14.2. The van der Waals surface area contributed by atoms with Crippen molar-refractivity contribution in [2.45, 2.75) is 52.2 Å². The van der Waals surface area contributed by atoms with Crippen LogP contribution in [0.4, 0.5) is 5.69 Å². The van der Waals surface area contributed by atoms with Crippen LogP contribution >= 0.6 is 0 Å². The highest BCUT2D eigenvalue weighted by Gasteiger charge is 2.34. The number of hydrogen-bond donors (Lipinski definition) is 1. The fourth-order valence-electron chi connectivity index (χ4n) is 4.20. The summed E-state index contributed by atoms with van der Waals surface area (Å²) in [4.78, 5) is 29.4. The number of aryl methyl sites for hydroxylation is 1. The molecule has 40 heavy (non-hydrogen) atoms. The molecule has 9 heteroatoms. The zero-order chi connectivity index (χ0) is 29.3. The van der Waals surface area contributed by atoms with Crippen LogP contribution in [0.5, 0.6) is 0 Å². The summed E-state index contributed by atoms with van der Waals surface area (Å²) in [5.74, 6) is -0.754. The van der Waals surface area contributed by atoms with Crippen molar-refractivity contribution in [3.8, 4) is 0 Å². The van der Waals surface area contributed by atoms with Gasteiger partial charge in [-0.15, -0.1) is 0 Å². The van der Waals surface area contributed by atoms with Gasteiger partial charge in [0.05, 0.1) is 5.69 Å². The molecule has 0 fully saturated rings. The van der Waals surface area contributed by atoms with Gasteiger partial charge in [-0.05, 0) is 43.5 Å². The molecule has 0 saturated heterocycles. The van der Waals surface area contributed by atoms with Crippen LogP contribution in [0.15, 0.2) is 84.9 Å². The van der Waals surface area contributed by atoms with Crippen LogP contribution < -0.4 is 9.62 Å². The number of amides is 2. The largest absolute Gasteiger partial charge is 0.352 e. The number of rotatable bonds is 13.